The molecule has 0 aromatic carbocycles. The van der Waals surface area contributed by atoms with Crippen LogP contribution in [0, 0.1) is 6.92 Å². The molecule has 3 heteroatoms. The van der Waals surface area contributed by atoms with Gasteiger partial charge in [0.2, 0.25) is 0 Å². The standard InChI is InChI=1S/C7H6N2S/c1-5-6-4-8-3-2-7(6)10-9-5/h2-4H,1H3. The molecule has 0 aliphatic rings. The number of nitrogens with zero attached hydrogens (tertiary/aromatic N) is 2. The molecule has 10 heavy (non-hydrogen) atoms. The Labute approximate surface area is 62.7 Å². The van der Waals surface area contributed by atoms with Crippen molar-refractivity contribution in [2.45, 2.75) is 6.92 Å². The topological polar surface area (TPSA) is 25.8 Å². The molecule has 0 spiro atoms. The predicted molar refractivity (Wildman–Crippen MR) is 42.2 cm³/mol. The Balaban J connectivity index is 2.93. The van der Waals surface area contributed by atoms with Gasteiger partial charge in [-0.3, -0.25) is 4.98 Å². The Hall–Kier alpha value is -0.960. The maximum Gasteiger partial charge on any atom is 0.0605 e. The van der Waals surface area contributed by atoms with Gasteiger partial charge in [-0.1, -0.05) is 0 Å². The number of pyridine rings is 1. The van der Waals surface area contributed by atoms with E-state index in [1.807, 2.05) is 19.2 Å². The van der Waals surface area contributed by atoms with Crippen LogP contribution in [0.3, 0.4) is 0 Å². The Morgan fingerprint density at radius 2 is 2.40 bits per heavy atom. The van der Waals surface area contributed by atoms with Crippen LogP contribution >= 0.6 is 11.5 Å². The van der Waals surface area contributed by atoms with E-state index in [1.165, 1.54) is 21.6 Å². The largest absolute Gasteiger partial charge is 0.264 e. The highest BCUT2D eigenvalue weighted by Crippen LogP contribution is 2.19. The van der Waals surface area contributed by atoms with E-state index in [4.69, 9.17) is 0 Å². The lowest BCUT2D eigenvalue weighted by atomic mass is 10.3. The normalized spacial score (nSPS) is 10.5. The number of hydrogen-bond acceptors (Lipinski definition) is 3. The Morgan fingerprint density at radius 1 is 1.50 bits per heavy atom. The summed E-state index contributed by atoms with van der Waals surface area (Å²) in [5, 5.41) is 1.17. The van der Waals surface area contributed by atoms with Crippen LogP contribution < -0.4 is 0 Å². The van der Waals surface area contributed by atoms with Crippen LogP contribution in [0.2, 0.25) is 0 Å². The van der Waals surface area contributed by atoms with Crippen molar-refractivity contribution in [3.8, 4) is 0 Å². The van der Waals surface area contributed by atoms with E-state index in [0.717, 1.165) is 5.69 Å². The van der Waals surface area contributed by atoms with Gasteiger partial charge in [-0.05, 0) is 24.5 Å². The summed E-state index contributed by atoms with van der Waals surface area (Å²) in [6, 6.07) is 1.99. The van der Waals surface area contributed by atoms with E-state index in [1.54, 1.807) is 6.20 Å². The molecular weight excluding hydrogens is 144 g/mol. The summed E-state index contributed by atoms with van der Waals surface area (Å²) < 4.78 is 5.41. The average molecular weight is 150 g/mol. The zero-order valence-corrected chi connectivity index (χ0v) is 6.35. The van der Waals surface area contributed by atoms with Crippen molar-refractivity contribution in [3.05, 3.63) is 24.2 Å². The lowest BCUT2D eigenvalue weighted by molar-refractivity contribution is 1.33. The summed E-state index contributed by atoms with van der Waals surface area (Å²) in [5.74, 6) is 0. The molecule has 2 aromatic heterocycles. The fraction of sp³-hybridized carbons (Fsp3) is 0.143. The van der Waals surface area contributed by atoms with Gasteiger partial charge < -0.3 is 0 Å². The van der Waals surface area contributed by atoms with Gasteiger partial charge in [0.1, 0.15) is 0 Å². The maximum atomic E-state index is 4.20. The lowest BCUT2D eigenvalue weighted by Gasteiger charge is -1.84. The minimum atomic E-state index is 1.08. The van der Waals surface area contributed by atoms with Crippen LogP contribution in [0.15, 0.2) is 18.5 Å². The molecule has 0 amide bonds. The summed E-state index contributed by atoms with van der Waals surface area (Å²) in [6.45, 7) is 2.00. The van der Waals surface area contributed by atoms with Crippen molar-refractivity contribution in [1.82, 2.24) is 9.36 Å². The number of rotatable bonds is 0. The van der Waals surface area contributed by atoms with E-state index in [9.17, 15) is 0 Å². The molecule has 2 nitrogen and oxygen atoms in total. The van der Waals surface area contributed by atoms with Crippen LogP contribution in [-0.4, -0.2) is 9.36 Å². The third-order valence-electron chi connectivity index (χ3n) is 1.45. The second kappa shape index (κ2) is 2.02. The summed E-state index contributed by atoms with van der Waals surface area (Å²) in [7, 11) is 0. The third-order valence-corrected chi connectivity index (χ3v) is 2.37. The molecule has 2 rings (SSSR count). The van der Waals surface area contributed by atoms with E-state index in [2.05, 4.69) is 9.36 Å². The van der Waals surface area contributed by atoms with Crippen LogP contribution in [0.5, 0.6) is 0 Å². The molecule has 0 fully saturated rings. The number of fused-ring (bicyclic) bond motifs is 1. The van der Waals surface area contributed by atoms with Crippen molar-refractivity contribution in [3.63, 3.8) is 0 Å². The first-order valence-electron chi connectivity index (χ1n) is 3.04. The molecule has 0 unspecified atom stereocenters. The van der Waals surface area contributed by atoms with Gasteiger partial charge in [-0.2, -0.15) is 4.37 Å². The lowest BCUT2D eigenvalue weighted by Crippen LogP contribution is -1.70. The van der Waals surface area contributed by atoms with Gasteiger partial charge in [0.05, 0.1) is 10.4 Å². The number of hydrogen-bond donors (Lipinski definition) is 0. The molecule has 2 aromatic rings. The summed E-state index contributed by atoms with van der Waals surface area (Å²) in [5.41, 5.74) is 1.08. The monoisotopic (exact) mass is 150 g/mol. The van der Waals surface area contributed by atoms with Crippen molar-refractivity contribution < 1.29 is 0 Å². The molecule has 50 valence electrons. The van der Waals surface area contributed by atoms with Crippen molar-refractivity contribution >= 4 is 21.6 Å². The molecule has 0 saturated heterocycles. The zero-order valence-electron chi connectivity index (χ0n) is 5.53. The average Bonchev–Trinajstić information content (AvgIpc) is 2.34. The Kier molecular flexibility index (Phi) is 1.17. The second-order valence-electron chi connectivity index (χ2n) is 2.14. The molecule has 0 N–H and O–H groups in total. The molecule has 0 aliphatic heterocycles. The molecule has 0 aliphatic carbocycles. The highest BCUT2D eigenvalue weighted by Gasteiger charge is 1.98. The van der Waals surface area contributed by atoms with E-state index in [0.29, 0.717) is 0 Å². The zero-order chi connectivity index (χ0) is 6.97. The number of aryl methyl sites for hydroxylation is 1. The van der Waals surface area contributed by atoms with Gasteiger partial charge in [-0.15, -0.1) is 0 Å². The quantitative estimate of drug-likeness (QED) is 0.574. The summed E-state index contributed by atoms with van der Waals surface area (Å²) >= 11 is 1.52. The molecule has 2 heterocycles. The summed E-state index contributed by atoms with van der Waals surface area (Å²) in [6.07, 6.45) is 3.65. The first-order valence-corrected chi connectivity index (χ1v) is 3.81. The molecule has 0 bridgehead atoms. The smallest absolute Gasteiger partial charge is 0.0605 e. The fourth-order valence-corrected chi connectivity index (χ4v) is 1.65. The van der Waals surface area contributed by atoms with Gasteiger partial charge in [-0.25, -0.2) is 0 Å². The van der Waals surface area contributed by atoms with Crippen molar-refractivity contribution in [2.24, 2.45) is 0 Å². The first kappa shape index (κ1) is 5.80. The van der Waals surface area contributed by atoms with Crippen molar-refractivity contribution in [2.75, 3.05) is 0 Å². The van der Waals surface area contributed by atoms with Gasteiger partial charge in [0, 0.05) is 17.8 Å². The minimum absolute atomic E-state index is 1.08. The van der Waals surface area contributed by atoms with E-state index < -0.39 is 0 Å². The second-order valence-corrected chi connectivity index (χ2v) is 2.94. The van der Waals surface area contributed by atoms with Crippen LogP contribution in [0.4, 0.5) is 0 Å². The highest BCUT2D eigenvalue weighted by atomic mass is 32.1. The summed E-state index contributed by atoms with van der Waals surface area (Å²) in [4.78, 5) is 4.01. The Bertz CT molecular complexity index is 353. The molecule has 0 radical (unpaired) electrons. The van der Waals surface area contributed by atoms with Crippen LogP contribution in [-0.2, 0) is 0 Å². The molecule has 0 atom stereocenters. The van der Waals surface area contributed by atoms with E-state index in [-0.39, 0.29) is 0 Å². The first-order chi connectivity index (χ1) is 4.88. The van der Waals surface area contributed by atoms with Gasteiger partial charge in [0.15, 0.2) is 0 Å². The highest BCUT2D eigenvalue weighted by molar-refractivity contribution is 7.13. The Morgan fingerprint density at radius 3 is 3.20 bits per heavy atom. The molecular formula is C7H6N2S. The van der Waals surface area contributed by atoms with Crippen LogP contribution in [0.25, 0.3) is 10.1 Å². The van der Waals surface area contributed by atoms with Crippen LogP contribution in [0.1, 0.15) is 5.69 Å². The van der Waals surface area contributed by atoms with Gasteiger partial charge >= 0.3 is 0 Å². The third kappa shape index (κ3) is 0.708. The van der Waals surface area contributed by atoms with E-state index >= 15 is 0 Å². The van der Waals surface area contributed by atoms with Crippen molar-refractivity contribution in [1.29, 1.82) is 0 Å². The maximum absolute atomic E-state index is 4.20. The predicted octanol–water partition coefficient (Wildman–Crippen LogP) is 2.00. The number of aromatic nitrogens is 2. The fourth-order valence-electron chi connectivity index (χ4n) is 0.900. The minimum Gasteiger partial charge on any atom is -0.264 e. The molecule has 0 saturated carbocycles. The SMILES string of the molecule is Cc1nsc2ccncc12. The van der Waals surface area contributed by atoms with Gasteiger partial charge in [0.25, 0.3) is 0 Å².